The van der Waals surface area contributed by atoms with Crippen LogP contribution in [0.15, 0.2) is 12.2 Å². The summed E-state index contributed by atoms with van der Waals surface area (Å²) in [5.74, 6) is -1.04. The zero-order chi connectivity index (χ0) is 13.7. The number of carbonyl (C=O) groups is 3. The molecular weight excluding hydrogens is 220 g/mol. The minimum atomic E-state index is -1.04. The number of aliphatic carboxylic acids is 1. The molecule has 0 aromatic carbocycles. The molecule has 0 aromatic rings. The number of carbonyl (C=O) groups excluding carboxylic acids is 2. The number of hydrogen-bond acceptors (Lipinski definition) is 3. The Morgan fingerprint density at radius 1 is 1.06 bits per heavy atom. The molecular formula is C13H22O4. The molecule has 98 valence electrons. The Morgan fingerprint density at radius 2 is 1.65 bits per heavy atom. The number of allylic oxidation sites excluding steroid dienone is 2. The molecule has 4 nitrogen and oxygen atoms in total. The van der Waals surface area contributed by atoms with E-state index in [-0.39, 0.29) is 18.0 Å². The second-order valence-electron chi connectivity index (χ2n) is 3.47. The molecule has 0 radical (unpaired) electrons. The van der Waals surface area contributed by atoms with Gasteiger partial charge in [0.25, 0.3) is 0 Å². The van der Waals surface area contributed by atoms with E-state index in [0.29, 0.717) is 12.8 Å². The van der Waals surface area contributed by atoms with E-state index in [9.17, 15) is 14.4 Å². The summed E-state index contributed by atoms with van der Waals surface area (Å²) in [6.07, 6.45) is 6.34. The van der Waals surface area contributed by atoms with E-state index in [0.717, 1.165) is 12.8 Å². The number of rotatable bonds is 7. The van der Waals surface area contributed by atoms with E-state index >= 15 is 0 Å². The Kier molecular flexibility index (Phi) is 13.3. The van der Waals surface area contributed by atoms with Gasteiger partial charge in [-0.25, -0.2) is 0 Å². The van der Waals surface area contributed by atoms with Crippen molar-refractivity contribution in [2.45, 2.75) is 52.9 Å². The summed E-state index contributed by atoms with van der Waals surface area (Å²) >= 11 is 0. The lowest BCUT2D eigenvalue weighted by atomic mass is 10.2. The van der Waals surface area contributed by atoms with Crippen LogP contribution in [0.5, 0.6) is 0 Å². The summed E-state index contributed by atoms with van der Waals surface area (Å²) in [6, 6.07) is 0. The molecule has 0 saturated carbocycles. The van der Waals surface area contributed by atoms with Gasteiger partial charge in [0.05, 0.1) is 0 Å². The molecule has 0 spiro atoms. The van der Waals surface area contributed by atoms with Crippen LogP contribution in [0.2, 0.25) is 0 Å². The molecule has 0 heterocycles. The molecule has 0 aliphatic rings. The van der Waals surface area contributed by atoms with Crippen LogP contribution < -0.4 is 0 Å². The third-order valence-electron chi connectivity index (χ3n) is 1.85. The van der Waals surface area contributed by atoms with E-state index in [4.69, 9.17) is 5.11 Å². The highest BCUT2D eigenvalue weighted by molar-refractivity contribution is 5.94. The fraction of sp³-hybridized carbons (Fsp3) is 0.615. The highest BCUT2D eigenvalue weighted by Crippen LogP contribution is 1.90. The normalized spacial score (nSPS) is 9.59. The third kappa shape index (κ3) is 17.2. The van der Waals surface area contributed by atoms with Gasteiger partial charge in [0, 0.05) is 12.8 Å². The van der Waals surface area contributed by atoms with Gasteiger partial charge in [-0.3, -0.25) is 14.4 Å². The molecule has 0 amide bonds. The Balaban J connectivity index is 0. The lowest BCUT2D eigenvalue weighted by Gasteiger charge is -1.86. The molecule has 0 aliphatic heterocycles. The van der Waals surface area contributed by atoms with Crippen LogP contribution in [0.25, 0.3) is 0 Å². The minimum Gasteiger partial charge on any atom is -0.481 e. The maximum Gasteiger partial charge on any atom is 0.310 e. The summed E-state index contributed by atoms with van der Waals surface area (Å²) in [5, 5.41) is 7.99. The lowest BCUT2D eigenvalue weighted by molar-refractivity contribution is -0.140. The molecule has 0 aliphatic carbocycles. The molecule has 0 fully saturated rings. The fourth-order valence-electron chi connectivity index (χ4n) is 0.793. The van der Waals surface area contributed by atoms with Gasteiger partial charge in [0.1, 0.15) is 12.2 Å². The van der Waals surface area contributed by atoms with Gasteiger partial charge in [-0.1, -0.05) is 33.3 Å². The Labute approximate surface area is 103 Å². The first-order valence-electron chi connectivity index (χ1n) is 5.90. The van der Waals surface area contributed by atoms with Gasteiger partial charge in [-0.2, -0.15) is 0 Å². The Bertz CT molecular complexity index is 267. The molecule has 1 N–H and O–H groups in total. The molecule has 0 aromatic heterocycles. The van der Waals surface area contributed by atoms with Gasteiger partial charge in [-0.15, -0.1) is 0 Å². The van der Waals surface area contributed by atoms with Crippen LogP contribution in [0.4, 0.5) is 0 Å². The van der Waals surface area contributed by atoms with Gasteiger partial charge < -0.3 is 5.11 Å². The number of carboxylic acid groups (broad SMARTS) is 1. The van der Waals surface area contributed by atoms with Crippen molar-refractivity contribution in [3.8, 4) is 0 Å². The predicted molar refractivity (Wildman–Crippen MR) is 66.9 cm³/mol. The first kappa shape index (κ1) is 17.9. The van der Waals surface area contributed by atoms with Crippen LogP contribution >= 0.6 is 0 Å². The maximum absolute atomic E-state index is 10.6. The molecule has 0 atom stereocenters. The van der Waals surface area contributed by atoms with Crippen LogP contribution in [-0.4, -0.2) is 22.6 Å². The summed E-state index contributed by atoms with van der Waals surface area (Å²) in [4.78, 5) is 30.6. The third-order valence-corrected chi connectivity index (χ3v) is 1.85. The molecule has 0 rings (SSSR count). The summed E-state index contributed by atoms with van der Waals surface area (Å²) in [5.41, 5.74) is 0. The summed E-state index contributed by atoms with van der Waals surface area (Å²) in [7, 11) is 0. The van der Waals surface area contributed by atoms with Crippen molar-refractivity contribution in [3.63, 3.8) is 0 Å². The van der Waals surface area contributed by atoms with Crippen LogP contribution in [0.3, 0.4) is 0 Å². The first-order chi connectivity index (χ1) is 7.97. The number of ketones is 2. The number of hydrogen-bond donors (Lipinski definition) is 1. The highest BCUT2D eigenvalue weighted by Gasteiger charge is 2.02. The lowest BCUT2D eigenvalue weighted by Crippen LogP contribution is -2.04. The van der Waals surface area contributed by atoms with Crippen molar-refractivity contribution in [1.82, 2.24) is 0 Å². The SMILES string of the molecule is CCC(=O)CC(=O)O.CCCC=CC(=O)CC. The zero-order valence-corrected chi connectivity index (χ0v) is 10.9. The Morgan fingerprint density at radius 3 is 1.94 bits per heavy atom. The average Bonchev–Trinajstić information content (AvgIpc) is 2.29. The number of Topliss-reactive ketones (excluding diaryl/α,β-unsaturated/α-hetero) is 1. The van der Waals surface area contributed by atoms with Gasteiger partial charge >= 0.3 is 5.97 Å². The van der Waals surface area contributed by atoms with Crippen LogP contribution in [0.1, 0.15) is 52.9 Å². The van der Waals surface area contributed by atoms with Crippen molar-refractivity contribution in [3.05, 3.63) is 12.2 Å². The van der Waals surface area contributed by atoms with Crippen molar-refractivity contribution in [1.29, 1.82) is 0 Å². The van der Waals surface area contributed by atoms with E-state index in [2.05, 4.69) is 6.92 Å². The Hall–Kier alpha value is -1.45. The quantitative estimate of drug-likeness (QED) is 0.550. The van der Waals surface area contributed by atoms with Crippen molar-refractivity contribution in [2.75, 3.05) is 0 Å². The highest BCUT2D eigenvalue weighted by atomic mass is 16.4. The smallest absolute Gasteiger partial charge is 0.310 e. The summed E-state index contributed by atoms with van der Waals surface area (Å²) < 4.78 is 0. The van der Waals surface area contributed by atoms with E-state index < -0.39 is 5.97 Å². The zero-order valence-electron chi connectivity index (χ0n) is 10.9. The van der Waals surface area contributed by atoms with Crippen molar-refractivity contribution < 1.29 is 19.5 Å². The predicted octanol–water partition coefficient (Wildman–Crippen LogP) is 2.76. The second kappa shape index (κ2) is 12.6. The van der Waals surface area contributed by atoms with E-state index in [1.54, 1.807) is 13.0 Å². The molecule has 4 heteroatoms. The molecule has 0 bridgehead atoms. The monoisotopic (exact) mass is 242 g/mol. The summed E-state index contributed by atoms with van der Waals surface area (Å²) in [6.45, 7) is 5.62. The molecule has 0 saturated heterocycles. The van der Waals surface area contributed by atoms with Gasteiger partial charge in [0.2, 0.25) is 0 Å². The standard InChI is InChI=1S/C8H14O.C5H8O3/c1-3-5-6-7-8(9)4-2;1-2-4(6)3-5(7)8/h6-7H,3-5H2,1-2H3;2-3H2,1H3,(H,7,8). The van der Waals surface area contributed by atoms with Gasteiger partial charge in [0.15, 0.2) is 5.78 Å². The number of carboxylic acids is 1. The minimum absolute atomic E-state index is 0.225. The average molecular weight is 242 g/mol. The van der Waals surface area contributed by atoms with Crippen molar-refractivity contribution >= 4 is 17.5 Å². The van der Waals surface area contributed by atoms with E-state index in [1.165, 1.54) is 0 Å². The molecule has 17 heavy (non-hydrogen) atoms. The van der Waals surface area contributed by atoms with Crippen LogP contribution in [0, 0.1) is 0 Å². The van der Waals surface area contributed by atoms with Crippen LogP contribution in [-0.2, 0) is 14.4 Å². The number of unbranched alkanes of at least 4 members (excludes halogenated alkanes) is 1. The molecule has 0 unspecified atom stereocenters. The second-order valence-corrected chi connectivity index (χ2v) is 3.47. The first-order valence-corrected chi connectivity index (χ1v) is 5.90. The van der Waals surface area contributed by atoms with E-state index in [1.807, 2.05) is 13.0 Å². The van der Waals surface area contributed by atoms with Gasteiger partial charge in [-0.05, 0) is 12.5 Å². The maximum atomic E-state index is 10.6. The largest absolute Gasteiger partial charge is 0.481 e. The topological polar surface area (TPSA) is 71.4 Å². The fourth-order valence-corrected chi connectivity index (χ4v) is 0.793. The van der Waals surface area contributed by atoms with Crippen molar-refractivity contribution in [2.24, 2.45) is 0 Å².